The molecular weight excluding hydrogens is 331 g/mol. The lowest BCUT2D eigenvalue weighted by Gasteiger charge is -2.38. The minimum absolute atomic E-state index is 0. The number of hydrogen-bond donors (Lipinski definition) is 1. The van der Waals surface area contributed by atoms with Crippen molar-refractivity contribution in [1.82, 2.24) is 4.90 Å². The van der Waals surface area contributed by atoms with Gasteiger partial charge in [0.15, 0.2) is 0 Å². The van der Waals surface area contributed by atoms with Gasteiger partial charge < -0.3 is 5.73 Å². The second-order valence-electron chi connectivity index (χ2n) is 5.13. The van der Waals surface area contributed by atoms with Gasteiger partial charge in [0, 0.05) is 23.1 Å². The first-order valence-electron chi connectivity index (χ1n) is 6.51. The summed E-state index contributed by atoms with van der Waals surface area (Å²) in [6, 6.07) is 5.53. The molecule has 0 aliphatic carbocycles. The molecule has 2 atom stereocenters. The van der Waals surface area contributed by atoms with Gasteiger partial charge in [0.05, 0.1) is 0 Å². The predicted molar refractivity (Wildman–Crippen MR) is 83.0 cm³/mol. The zero-order valence-electron chi connectivity index (χ0n) is 11.1. The minimum atomic E-state index is -0.201. The third-order valence-corrected chi connectivity index (χ3v) is 4.40. The number of nitrogens with zero attached hydrogens (tertiary/aromatic N) is 1. The summed E-state index contributed by atoms with van der Waals surface area (Å²) in [4.78, 5) is 2.42. The van der Waals surface area contributed by atoms with Crippen LogP contribution in [0, 0.1) is 5.82 Å². The molecule has 0 amide bonds. The van der Waals surface area contributed by atoms with Crippen LogP contribution in [0.2, 0.25) is 0 Å². The van der Waals surface area contributed by atoms with Crippen molar-refractivity contribution in [2.45, 2.75) is 44.8 Å². The fourth-order valence-corrected chi connectivity index (χ4v) is 3.15. The van der Waals surface area contributed by atoms with Gasteiger partial charge in [-0.05, 0) is 44.0 Å². The molecule has 0 aromatic heterocycles. The fourth-order valence-electron chi connectivity index (χ4n) is 2.68. The molecule has 0 radical (unpaired) electrons. The van der Waals surface area contributed by atoms with E-state index in [0.717, 1.165) is 29.5 Å². The highest BCUT2D eigenvalue weighted by Crippen LogP contribution is 2.25. The number of likely N-dealkylation sites (tertiary alicyclic amines) is 1. The molecule has 2 rings (SSSR count). The maximum atomic E-state index is 13.1. The molecule has 0 spiro atoms. The number of hydrogen-bond acceptors (Lipinski definition) is 2. The van der Waals surface area contributed by atoms with Crippen molar-refractivity contribution in [3.05, 3.63) is 34.1 Å². The largest absolute Gasteiger partial charge is 0.327 e. The van der Waals surface area contributed by atoms with Gasteiger partial charge in [-0.3, -0.25) is 4.90 Å². The van der Waals surface area contributed by atoms with Gasteiger partial charge in [-0.2, -0.15) is 0 Å². The summed E-state index contributed by atoms with van der Waals surface area (Å²) in [6.07, 6.45) is 3.64. The molecule has 2 nitrogen and oxygen atoms in total. The van der Waals surface area contributed by atoms with E-state index in [4.69, 9.17) is 5.73 Å². The van der Waals surface area contributed by atoms with E-state index in [1.54, 1.807) is 0 Å². The van der Waals surface area contributed by atoms with Crippen LogP contribution in [0.15, 0.2) is 22.7 Å². The summed E-state index contributed by atoms with van der Waals surface area (Å²) in [7, 11) is 0. The van der Waals surface area contributed by atoms with E-state index in [9.17, 15) is 4.39 Å². The molecule has 1 aromatic carbocycles. The number of piperidine rings is 1. The van der Waals surface area contributed by atoms with Gasteiger partial charge in [-0.1, -0.05) is 28.4 Å². The Labute approximate surface area is 129 Å². The Morgan fingerprint density at radius 2 is 2.21 bits per heavy atom. The second kappa shape index (κ2) is 7.58. The molecule has 5 heteroatoms. The van der Waals surface area contributed by atoms with E-state index < -0.39 is 0 Å². The Morgan fingerprint density at radius 1 is 1.47 bits per heavy atom. The summed E-state index contributed by atoms with van der Waals surface area (Å²) < 4.78 is 13.9. The lowest BCUT2D eigenvalue weighted by atomic mass is 9.96. The molecule has 0 saturated carbocycles. The Hall–Kier alpha value is -0.160. The van der Waals surface area contributed by atoms with Crippen molar-refractivity contribution in [3.63, 3.8) is 0 Å². The summed E-state index contributed by atoms with van der Waals surface area (Å²) in [6.45, 7) is 3.99. The van der Waals surface area contributed by atoms with Gasteiger partial charge in [-0.25, -0.2) is 4.39 Å². The average Bonchev–Trinajstić information content (AvgIpc) is 2.33. The van der Waals surface area contributed by atoms with Crippen molar-refractivity contribution in [2.24, 2.45) is 5.73 Å². The van der Waals surface area contributed by atoms with Crippen LogP contribution in [0.5, 0.6) is 0 Å². The zero-order chi connectivity index (χ0) is 13.1. The predicted octanol–water partition coefficient (Wildman–Crippen LogP) is 3.71. The highest BCUT2D eigenvalue weighted by atomic mass is 79.9. The summed E-state index contributed by atoms with van der Waals surface area (Å²) in [5.41, 5.74) is 7.19. The normalized spacial score (nSPS) is 21.8. The van der Waals surface area contributed by atoms with E-state index in [1.807, 2.05) is 6.07 Å². The smallest absolute Gasteiger partial charge is 0.124 e. The lowest BCUT2D eigenvalue weighted by Crippen LogP contribution is -2.48. The third kappa shape index (κ3) is 4.42. The zero-order valence-corrected chi connectivity index (χ0v) is 13.5. The van der Waals surface area contributed by atoms with E-state index in [1.165, 1.54) is 25.0 Å². The standard InChI is InChI=1S/C14H20BrFN2.ClH/c1-10(17)14-4-2-3-7-18(14)9-11-5-6-12(16)8-13(11)15;/h5-6,8,10,14H,2-4,7,9,17H2,1H3;1H. The average molecular weight is 352 g/mol. The van der Waals surface area contributed by atoms with Crippen LogP contribution in [-0.2, 0) is 6.54 Å². The molecule has 1 heterocycles. The van der Waals surface area contributed by atoms with Crippen LogP contribution in [0.3, 0.4) is 0 Å². The molecule has 1 saturated heterocycles. The van der Waals surface area contributed by atoms with Crippen LogP contribution in [0.25, 0.3) is 0 Å². The van der Waals surface area contributed by atoms with Crippen LogP contribution in [0.4, 0.5) is 4.39 Å². The molecule has 1 aliphatic rings. The summed E-state index contributed by atoms with van der Waals surface area (Å²) in [5.74, 6) is -0.201. The second-order valence-corrected chi connectivity index (χ2v) is 5.98. The van der Waals surface area contributed by atoms with Gasteiger partial charge in [0.1, 0.15) is 5.82 Å². The Morgan fingerprint density at radius 3 is 2.84 bits per heavy atom. The molecule has 108 valence electrons. The maximum Gasteiger partial charge on any atom is 0.124 e. The molecule has 19 heavy (non-hydrogen) atoms. The van der Waals surface area contributed by atoms with Crippen molar-refractivity contribution in [3.8, 4) is 0 Å². The third-order valence-electron chi connectivity index (χ3n) is 3.66. The summed E-state index contributed by atoms with van der Waals surface area (Å²) in [5, 5.41) is 0. The van der Waals surface area contributed by atoms with E-state index in [-0.39, 0.29) is 24.3 Å². The van der Waals surface area contributed by atoms with Crippen LogP contribution in [0.1, 0.15) is 31.7 Å². The van der Waals surface area contributed by atoms with Crippen molar-refractivity contribution in [1.29, 1.82) is 0 Å². The first-order valence-corrected chi connectivity index (χ1v) is 7.31. The summed E-state index contributed by atoms with van der Waals surface area (Å²) >= 11 is 3.43. The fraction of sp³-hybridized carbons (Fsp3) is 0.571. The van der Waals surface area contributed by atoms with Gasteiger partial charge in [0.25, 0.3) is 0 Å². The topological polar surface area (TPSA) is 29.3 Å². The number of benzene rings is 1. The molecule has 2 unspecified atom stereocenters. The molecule has 0 bridgehead atoms. The van der Waals surface area contributed by atoms with Gasteiger partial charge in [0.2, 0.25) is 0 Å². The van der Waals surface area contributed by atoms with Gasteiger partial charge in [-0.15, -0.1) is 12.4 Å². The molecule has 2 N–H and O–H groups in total. The first-order chi connectivity index (χ1) is 8.58. The van der Waals surface area contributed by atoms with Crippen LogP contribution in [-0.4, -0.2) is 23.5 Å². The number of halogens is 3. The highest BCUT2D eigenvalue weighted by Gasteiger charge is 2.25. The molecule has 1 aromatic rings. The first kappa shape index (κ1) is 16.9. The lowest BCUT2D eigenvalue weighted by molar-refractivity contribution is 0.122. The Kier molecular flexibility index (Phi) is 6.74. The highest BCUT2D eigenvalue weighted by molar-refractivity contribution is 9.10. The molecule has 1 fully saturated rings. The minimum Gasteiger partial charge on any atom is -0.327 e. The molecular formula is C14H21BrClFN2. The van der Waals surface area contributed by atoms with Crippen LogP contribution >= 0.6 is 28.3 Å². The SMILES string of the molecule is CC(N)C1CCCCN1Cc1ccc(F)cc1Br.Cl. The van der Waals surface area contributed by atoms with E-state index in [2.05, 4.69) is 27.8 Å². The Balaban J connectivity index is 0.00000180. The van der Waals surface area contributed by atoms with Crippen LogP contribution < -0.4 is 5.73 Å². The monoisotopic (exact) mass is 350 g/mol. The number of rotatable bonds is 3. The maximum absolute atomic E-state index is 13.1. The number of nitrogens with two attached hydrogens (primary N) is 1. The Bertz CT molecular complexity index is 414. The van der Waals surface area contributed by atoms with Crippen molar-refractivity contribution >= 4 is 28.3 Å². The van der Waals surface area contributed by atoms with E-state index in [0.29, 0.717) is 6.04 Å². The van der Waals surface area contributed by atoms with E-state index >= 15 is 0 Å². The van der Waals surface area contributed by atoms with Crippen molar-refractivity contribution < 1.29 is 4.39 Å². The van der Waals surface area contributed by atoms with Gasteiger partial charge >= 0.3 is 0 Å². The quantitative estimate of drug-likeness (QED) is 0.899. The molecule has 1 aliphatic heterocycles. The van der Waals surface area contributed by atoms with Crippen molar-refractivity contribution in [2.75, 3.05) is 6.54 Å².